The summed E-state index contributed by atoms with van der Waals surface area (Å²) >= 11 is 1.55. The van der Waals surface area contributed by atoms with Gasteiger partial charge in [-0.3, -0.25) is 5.41 Å². The molecule has 2 aromatic carbocycles. The van der Waals surface area contributed by atoms with Crippen LogP contribution < -0.4 is 0 Å². The average Bonchev–Trinajstić information content (AvgIpc) is 2.77. The van der Waals surface area contributed by atoms with E-state index >= 15 is 0 Å². The molecule has 0 heterocycles. The van der Waals surface area contributed by atoms with E-state index in [4.69, 9.17) is 14.9 Å². The molecule has 0 aliphatic heterocycles. The Kier molecular flexibility index (Phi) is 8.96. The highest BCUT2D eigenvalue weighted by Crippen LogP contribution is 2.38. The summed E-state index contributed by atoms with van der Waals surface area (Å²) in [7, 11) is 3.78. The zero-order valence-corrected chi connectivity index (χ0v) is 19.4. The molecule has 3 rings (SSSR count). The molecule has 2 N–H and O–H groups in total. The number of aliphatic hydroxyl groups excluding tert-OH is 1. The van der Waals surface area contributed by atoms with E-state index in [9.17, 15) is 5.11 Å². The number of ether oxygens (including phenoxy) is 2. The number of hydrogen-bond acceptors (Lipinski definition) is 5. The molecule has 6 heteroatoms. The van der Waals surface area contributed by atoms with E-state index in [0.717, 1.165) is 24.0 Å². The molecule has 0 saturated heterocycles. The van der Waals surface area contributed by atoms with Gasteiger partial charge in [0.05, 0.1) is 31.5 Å². The summed E-state index contributed by atoms with van der Waals surface area (Å²) in [6.07, 6.45) is 0.721. The van der Waals surface area contributed by atoms with E-state index in [2.05, 4.69) is 24.3 Å². The third kappa shape index (κ3) is 7.07. The van der Waals surface area contributed by atoms with Gasteiger partial charge in [-0.1, -0.05) is 72.4 Å². The van der Waals surface area contributed by atoms with Crippen LogP contribution in [0, 0.1) is 11.3 Å². The molecule has 168 valence electrons. The highest BCUT2D eigenvalue weighted by Gasteiger charge is 2.42. The Hall–Kier alpha value is -1.86. The predicted octanol–water partition coefficient (Wildman–Crippen LogP) is 4.55. The first-order valence-corrected chi connectivity index (χ1v) is 11.7. The molecule has 1 aliphatic rings. The van der Waals surface area contributed by atoms with Gasteiger partial charge in [-0.2, -0.15) is 0 Å². The molecule has 1 saturated carbocycles. The lowest BCUT2D eigenvalue weighted by Gasteiger charge is -2.42. The summed E-state index contributed by atoms with van der Waals surface area (Å²) in [5, 5.41) is 19.6. The summed E-state index contributed by atoms with van der Waals surface area (Å²) < 4.78 is 12.8. The van der Waals surface area contributed by atoms with Gasteiger partial charge in [0.1, 0.15) is 0 Å². The topological polar surface area (TPSA) is 65.8 Å². The first-order valence-electron chi connectivity index (χ1n) is 10.9. The zero-order chi connectivity index (χ0) is 22.2. The third-order valence-corrected chi connectivity index (χ3v) is 7.02. The van der Waals surface area contributed by atoms with Gasteiger partial charge < -0.3 is 19.5 Å². The maximum Gasteiger partial charge on any atom is 0.156 e. The molecule has 0 spiro atoms. The van der Waals surface area contributed by atoms with E-state index in [1.54, 1.807) is 11.8 Å². The fourth-order valence-electron chi connectivity index (χ4n) is 3.97. The minimum Gasteiger partial charge on any atom is -0.393 e. The second-order valence-corrected chi connectivity index (χ2v) is 9.70. The second kappa shape index (κ2) is 11.7. The first-order chi connectivity index (χ1) is 14.9. The van der Waals surface area contributed by atoms with Crippen molar-refractivity contribution in [2.24, 2.45) is 5.92 Å². The van der Waals surface area contributed by atoms with Gasteiger partial charge in [-0.25, -0.2) is 0 Å². The lowest BCUT2D eigenvalue weighted by Crippen LogP contribution is -2.49. The Morgan fingerprint density at radius 2 is 1.55 bits per heavy atom. The fourth-order valence-corrected chi connectivity index (χ4v) is 5.10. The lowest BCUT2D eigenvalue weighted by atomic mass is 9.80. The number of hydrogen-bond donors (Lipinski definition) is 2. The molecule has 0 aromatic heterocycles. The van der Waals surface area contributed by atoms with Crippen molar-refractivity contribution in [3.63, 3.8) is 0 Å². The molecule has 31 heavy (non-hydrogen) atoms. The molecule has 2 aromatic rings. The van der Waals surface area contributed by atoms with Gasteiger partial charge in [-0.05, 0) is 30.9 Å². The second-order valence-electron chi connectivity index (χ2n) is 8.41. The molecule has 5 atom stereocenters. The minimum atomic E-state index is -0.513. The van der Waals surface area contributed by atoms with E-state index in [1.807, 2.05) is 62.3 Å². The van der Waals surface area contributed by atoms with Crippen LogP contribution in [-0.2, 0) is 22.7 Å². The van der Waals surface area contributed by atoms with Crippen molar-refractivity contribution in [3.8, 4) is 0 Å². The highest BCUT2D eigenvalue weighted by atomic mass is 32.2. The summed E-state index contributed by atoms with van der Waals surface area (Å²) in [5.74, 6) is -0.0503. The van der Waals surface area contributed by atoms with Crippen LogP contribution in [-0.4, -0.2) is 52.8 Å². The van der Waals surface area contributed by atoms with Crippen LogP contribution in [0.15, 0.2) is 60.7 Å². The average molecular weight is 443 g/mol. The van der Waals surface area contributed by atoms with Crippen molar-refractivity contribution in [3.05, 3.63) is 71.8 Å². The van der Waals surface area contributed by atoms with Crippen LogP contribution >= 0.6 is 11.8 Å². The number of rotatable bonds is 8. The minimum absolute atomic E-state index is 0.0503. The van der Waals surface area contributed by atoms with Gasteiger partial charge in [0.2, 0.25) is 0 Å². The number of nitrogens with one attached hydrogen (secondary N) is 1. The van der Waals surface area contributed by atoms with E-state index in [1.165, 1.54) is 0 Å². The number of aliphatic hydroxyl groups is 1. The maximum absolute atomic E-state index is 10.6. The van der Waals surface area contributed by atoms with Gasteiger partial charge in [0.25, 0.3) is 0 Å². The smallest absolute Gasteiger partial charge is 0.156 e. The molecule has 1 aliphatic carbocycles. The lowest BCUT2D eigenvalue weighted by molar-refractivity contribution is -0.145. The van der Waals surface area contributed by atoms with Crippen molar-refractivity contribution in [1.29, 1.82) is 5.41 Å². The molecule has 0 amide bonds. The highest BCUT2D eigenvalue weighted by molar-refractivity contribution is 8.14. The van der Waals surface area contributed by atoms with Crippen LogP contribution in [0.25, 0.3) is 0 Å². The van der Waals surface area contributed by atoms with E-state index in [0.29, 0.717) is 18.4 Å². The Labute approximate surface area is 190 Å². The Morgan fingerprint density at radius 3 is 2.06 bits per heavy atom. The number of benzene rings is 2. The summed E-state index contributed by atoms with van der Waals surface area (Å²) in [5.41, 5.74) is 2.23. The molecular formula is C25H34N2O3S. The monoisotopic (exact) mass is 442 g/mol. The standard InChI is InChI=1S/C25H34N2O3S/c1-18(28)22-14-21(31-25(26)27(2)3)15-23(29-16-19-10-6-4-7-11-19)24(22)30-17-20-12-8-5-9-13-20/h4-13,18,21-24,26,28H,14-17H2,1-3H3/t18-,21+,22-,23-,24-/m1/s1. The predicted molar refractivity (Wildman–Crippen MR) is 127 cm³/mol. The Morgan fingerprint density at radius 1 is 1.00 bits per heavy atom. The third-order valence-electron chi connectivity index (χ3n) is 5.71. The van der Waals surface area contributed by atoms with E-state index in [-0.39, 0.29) is 23.4 Å². The molecule has 0 bridgehead atoms. The van der Waals surface area contributed by atoms with Crippen molar-refractivity contribution in [2.45, 2.75) is 56.5 Å². The van der Waals surface area contributed by atoms with Crippen molar-refractivity contribution in [1.82, 2.24) is 4.90 Å². The van der Waals surface area contributed by atoms with Crippen LogP contribution in [0.3, 0.4) is 0 Å². The summed E-state index contributed by atoms with van der Waals surface area (Å²) in [6, 6.07) is 20.3. The number of nitrogens with zero attached hydrogens (tertiary/aromatic N) is 1. The van der Waals surface area contributed by atoms with Crippen LogP contribution in [0.5, 0.6) is 0 Å². The molecule has 1 fully saturated rings. The van der Waals surface area contributed by atoms with E-state index < -0.39 is 6.10 Å². The maximum atomic E-state index is 10.6. The summed E-state index contributed by atoms with van der Waals surface area (Å²) in [4.78, 5) is 1.82. The molecule has 0 radical (unpaired) electrons. The number of thioether (sulfide) groups is 1. The molecule has 5 nitrogen and oxygen atoms in total. The normalized spacial score (nSPS) is 24.5. The quantitative estimate of drug-likeness (QED) is 0.464. The SMILES string of the molecule is C[C@@H](O)[C@H]1C[C@H](SC(=N)N(C)C)C[C@@H](OCc2ccccc2)[C@@H]1OCc1ccccc1. The number of amidine groups is 1. The van der Waals surface area contributed by atoms with Crippen molar-refractivity contribution >= 4 is 16.9 Å². The summed E-state index contributed by atoms with van der Waals surface area (Å²) in [6.45, 7) is 2.83. The van der Waals surface area contributed by atoms with Gasteiger partial charge in [0, 0.05) is 25.3 Å². The first kappa shape index (κ1) is 23.8. The zero-order valence-electron chi connectivity index (χ0n) is 18.6. The Balaban J connectivity index is 1.75. The van der Waals surface area contributed by atoms with Crippen molar-refractivity contribution < 1.29 is 14.6 Å². The molecular weight excluding hydrogens is 408 g/mol. The Bertz CT molecular complexity index is 801. The van der Waals surface area contributed by atoms with Gasteiger partial charge >= 0.3 is 0 Å². The molecule has 0 unspecified atom stereocenters. The van der Waals surface area contributed by atoms with Crippen LogP contribution in [0.2, 0.25) is 0 Å². The van der Waals surface area contributed by atoms with Crippen LogP contribution in [0.4, 0.5) is 0 Å². The van der Waals surface area contributed by atoms with Crippen molar-refractivity contribution in [2.75, 3.05) is 14.1 Å². The largest absolute Gasteiger partial charge is 0.393 e. The fraction of sp³-hybridized carbons (Fsp3) is 0.480. The van der Waals surface area contributed by atoms with Gasteiger partial charge in [-0.15, -0.1) is 0 Å². The van der Waals surface area contributed by atoms with Crippen LogP contribution in [0.1, 0.15) is 30.9 Å². The van der Waals surface area contributed by atoms with Gasteiger partial charge in [0.15, 0.2) is 5.17 Å².